The molecule has 6 heteroatoms. The first kappa shape index (κ1) is 14.3. The smallest absolute Gasteiger partial charge is 0.260 e. The molecule has 114 valence electrons. The van der Waals surface area contributed by atoms with E-state index in [1.165, 1.54) is 15.0 Å². The van der Waals surface area contributed by atoms with Gasteiger partial charge in [-0.2, -0.15) is 10.2 Å². The monoisotopic (exact) mass is 339 g/mol. The molecule has 0 fully saturated rings. The predicted octanol–water partition coefficient (Wildman–Crippen LogP) is 3.77. The molecule has 0 spiro atoms. The second kappa shape index (κ2) is 5.72. The molecular weight excluding hydrogens is 326 g/mol. The molecule has 1 unspecified atom stereocenters. The molecule has 2 aliphatic rings. The maximum Gasteiger partial charge on any atom is 0.260 e. The van der Waals surface area contributed by atoms with Crippen molar-refractivity contribution in [2.45, 2.75) is 5.92 Å². The van der Waals surface area contributed by atoms with Crippen LogP contribution in [0.1, 0.15) is 10.8 Å². The lowest BCUT2D eigenvalue weighted by molar-refractivity contribution is 0.399. The van der Waals surface area contributed by atoms with Gasteiger partial charge in [0.25, 0.3) is 5.17 Å². The molecule has 1 aromatic carbocycles. The largest absolute Gasteiger partial charge is 0.474 e. The summed E-state index contributed by atoms with van der Waals surface area (Å²) >= 11 is 6.88. The van der Waals surface area contributed by atoms with Gasteiger partial charge >= 0.3 is 0 Å². The number of hydrogen-bond acceptors (Lipinski definition) is 5. The van der Waals surface area contributed by atoms with Gasteiger partial charge in [0, 0.05) is 20.8 Å². The number of hydrogen-bond donors (Lipinski definition) is 1. The first-order valence-corrected chi connectivity index (χ1v) is 8.35. The third kappa shape index (κ3) is 2.60. The quantitative estimate of drug-likeness (QED) is 0.847. The third-order valence-corrected chi connectivity index (χ3v) is 5.26. The van der Waals surface area contributed by atoms with Crippen molar-refractivity contribution in [2.75, 3.05) is 7.11 Å². The maximum atomic E-state index is 5.10. The van der Waals surface area contributed by atoms with Crippen molar-refractivity contribution in [3.63, 3.8) is 0 Å². The highest BCUT2D eigenvalue weighted by atomic mass is 32.1. The van der Waals surface area contributed by atoms with Crippen molar-refractivity contribution >= 4 is 50.7 Å². The van der Waals surface area contributed by atoms with Gasteiger partial charge < -0.3 is 10.1 Å². The van der Waals surface area contributed by atoms with Crippen LogP contribution >= 0.6 is 23.6 Å². The Labute approximate surface area is 142 Å². The summed E-state index contributed by atoms with van der Waals surface area (Å²) in [6, 6.07) is 10.6. The lowest BCUT2D eigenvalue weighted by atomic mass is 9.90. The summed E-state index contributed by atoms with van der Waals surface area (Å²) in [6.07, 6.45) is 5.89. The van der Waals surface area contributed by atoms with Gasteiger partial charge in [-0.1, -0.05) is 18.2 Å². The van der Waals surface area contributed by atoms with Crippen LogP contribution < -0.4 is 5.32 Å². The molecule has 2 aromatic rings. The van der Waals surface area contributed by atoms with E-state index in [0.29, 0.717) is 5.17 Å². The fourth-order valence-electron chi connectivity index (χ4n) is 2.72. The molecule has 1 N–H and O–H groups in total. The molecule has 1 aromatic heterocycles. The van der Waals surface area contributed by atoms with E-state index in [1.54, 1.807) is 24.7 Å². The fourth-order valence-corrected chi connectivity index (χ4v) is 3.98. The summed E-state index contributed by atoms with van der Waals surface area (Å²) in [5, 5.41) is 13.1. The second-order valence-corrected chi connectivity index (χ2v) is 6.72. The third-order valence-electron chi connectivity index (χ3n) is 3.79. The predicted molar refractivity (Wildman–Crippen MR) is 99.4 cm³/mol. The molecule has 0 amide bonds. The number of fused-ring (bicyclic) bond motifs is 2. The zero-order chi connectivity index (χ0) is 15.8. The van der Waals surface area contributed by atoms with E-state index in [4.69, 9.17) is 17.0 Å². The van der Waals surface area contributed by atoms with Gasteiger partial charge in [0.15, 0.2) is 0 Å². The van der Waals surface area contributed by atoms with E-state index in [9.17, 15) is 0 Å². The average Bonchev–Trinajstić information content (AvgIpc) is 3.20. The number of ether oxygens (including phenoxy) is 1. The second-order valence-electron chi connectivity index (χ2n) is 5.23. The Morgan fingerprint density at radius 3 is 3.04 bits per heavy atom. The molecule has 4 nitrogen and oxygen atoms in total. The van der Waals surface area contributed by atoms with Crippen LogP contribution in [0.15, 0.2) is 64.0 Å². The summed E-state index contributed by atoms with van der Waals surface area (Å²) in [6.45, 7) is 0. The number of thiocarbonyl (C=S) groups is 1. The summed E-state index contributed by atoms with van der Waals surface area (Å²) in [5.41, 5.74) is 2.89. The highest BCUT2D eigenvalue weighted by Gasteiger charge is 2.27. The number of allylic oxidation sites excluding steroid dienone is 3. The van der Waals surface area contributed by atoms with Crippen LogP contribution in [0.2, 0.25) is 0 Å². The molecule has 4 rings (SSSR count). The Bertz CT molecular complexity index is 888. The van der Waals surface area contributed by atoms with Gasteiger partial charge in [-0.05, 0) is 41.9 Å². The number of nitrogens with one attached hydrogen (secondary N) is 1. The fraction of sp³-hybridized carbons (Fsp3) is 0.118. The normalized spacial score (nSPS) is 19.0. The Hall–Kier alpha value is -2.31. The summed E-state index contributed by atoms with van der Waals surface area (Å²) in [4.78, 5) is 1.24. The van der Waals surface area contributed by atoms with Crippen LogP contribution in [0.3, 0.4) is 0 Å². The van der Waals surface area contributed by atoms with E-state index in [1.807, 2.05) is 6.08 Å². The molecule has 23 heavy (non-hydrogen) atoms. The summed E-state index contributed by atoms with van der Waals surface area (Å²) in [7, 11) is 1.55. The van der Waals surface area contributed by atoms with Gasteiger partial charge in [-0.3, -0.25) is 0 Å². The van der Waals surface area contributed by atoms with Crippen molar-refractivity contribution in [1.29, 1.82) is 0 Å². The van der Waals surface area contributed by atoms with Gasteiger partial charge in [0.2, 0.25) is 0 Å². The molecule has 1 atom stereocenters. The van der Waals surface area contributed by atoms with Crippen molar-refractivity contribution in [2.24, 2.45) is 10.2 Å². The van der Waals surface area contributed by atoms with Gasteiger partial charge in [-0.25, -0.2) is 0 Å². The van der Waals surface area contributed by atoms with Crippen LogP contribution in [-0.4, -0.2) is 24.2 Å². The number of thiophene rings is 1. The van der Waals surface area contributed by atoms with Crippen LogP contribution in [0.4, 0.5) is 0 Å². The zero-order valence-electron chi connectivity index (χ0n) is 12.3. The van der Waals surface area contributed by atoms with Crippen LogP contribution in [0.5, 0.6) is 0 Å². The van der Waals surface area contributed by atoms with Crippen LogP contribution in [0.25, 0.3) is 10.1 Å². The summed E-state index contributed by atoms with van der Waals surface area (Å²) < 4.78 is 6.31. The lowest BCUT2D eigenvalue weighted by Gasteiger charge is -2.19. The summed E-state index contributed by atoms with van der Waals surface area (Å²) in [5.74, 6) is 0.0667. The topological polar surface area (TPSA) is 46.0 Å². The molecule has 0 saturated heterocycles. The van der Waals surface area contributed by atoms with E-state index >= 15 is 0 Å². The van der Waals surface area contributed by atoms with Crippen molar-refractivity contribution < 1.29 is 4.74 Å². The maximum absolute atomic E-state index is 5.10. The Balaban J connectivity index is 1.76. The van der Waals surface area contributed by atoms with E-state index < -0.39 is 0 Å². The van der Waals surface area contributed by atoms with E-state index in [0.717, 1.165) is 17.0 Å². The van der Waals surface area contributed by atoms with Crippen molar-refractivity contribution in [1.82, 2.24) is 5.32 Å². The molecule has 1 aliphatic carbocycles. The molecule has 0 bridgehead atoms. The Kier molecular flexibility index (Phi) is 3.55. The number of nitrogens with zero attached hydrogens (tertiary/aromatic N) is 2. The zero-order valence-corrected chi connectivity index (χ0v) is 13.9. The lowest BCUT2D eigenvalue weighted by Crippen LogP contribution is -2.26. The molecule has 2 heterocycles. The minimum atomic E-state index is 0.0667. The first-order valence-electron chi connectivity index (χ1n) is 7.13. The minimum absolute atomic E-state index is 0.0667. The Morgan fingerprint density at radius 1 is 1.35 bits per heavy atom. The highest BCUT2D eigenvalue weighted by molar-refractivity contribution is 7.80. The average molecular weight is 339 g/mol. The molecule has 0 radical (unpaired) electrons. The van der Waals surface area contributed by atoms with Crippen molar-refractivity contribution in [3.05, 3.63) is 58.6 Å². The standard InChI is InChI=1S/C17H13N3OS2/c1-21-17(22)19-12-6-11-9-18-20-16(11)13(8-12)15-7-10-4-2-3-5-14(10)23-15/h2-9,13H,1H3,(H,19,22). The number of rotatable bonds is 2. The molecule has 0 saturated carbocycles. The molecule has 1 aliphatic heterocycles. The van der Waals surface area contributed by atoms with Gasteiger partial charge in [-0.15, -0.1) is 11.3 Å². The number of methoxy groups -OCH3 is 1. The molecular formula is C17H13N3OS2. The van der Waals surface area contributed by atoms with Crippen LogP contribution in [0, 0.1) is 0 Å². The van der Waals surface area contributed by atoms with E-state index in [-0.39, 0.29) is 5.92 Å². The SMILES string of the molecule is COC(=S)NC1=CC(c2cc3ccccc3s2)C2=NN=CC2=C1. The van der Waals surface area contributed by atoms with Gasteiger partial charge in [0.1, 0.15) is 0 Å². The van der Waals surface area contributed by atoms with Gasteiger partial charge in [0.05, 0.1) is 25.0 Å². The minimum Gasteiger partial charge on any atom is -0.474 e. The number of benzene rings is 1. The van der Waals surface area contributed by atoms with Crippen molar-refractivity contribution in [3.8, 4) is 0 Å². The first-order chi connectivity index (χ1) is 11.2. The van der Waals surface area contributed by atoms with E-state index in [2.05, 4.69) is 51.9 Å². The Morgan fingerprint density at radius 2 is 2.22 bits per heavy atom. The van der Waals surface area contributed by atoms with Crippen LogP contribution in [-0.2, 0) is 4.74 Å². The highest BCUT2D eigenvalue weighted by Crippen LogP contribution is 2.37.